The smallest absolute Gasteiger partial charge is 0.253 e. The van der Waals surface area contributed by atoms with Crippen molar-refractivity contribution in [1.82, 2.24) is 20.2 Å². The van der Waals surface area contributed by atoms with Gasteiger partial charge >= 0.3 is 0 Å². The van der Waals surface area contributed by atoms with E-state index in [-0.39, 0.29) is 24.5 Å². The lowest BCUT2D eigenvalue weighted by Gasteiger charge is -2.20. The van der Waals surface area contributed by atoms with Gasteiger partial charge in [0, 0.05) is 49.2 Å². The molecule has 6 nitrogen and oxygen atoms in total. The number of hydrogen-bond acceptors (Lipinski definition) is 5. The van der Waals surface area contributed by atoms with Crippen LogP contribution in [0.15, 0.2) is 61.1 Å². The van der Waals surface area contributed by atoms with E-state index in [2.05, 4.69) is 15.3 Å². The van der Waals surface area contributed by atoms with E-state index < -0.39 is 11.9 Å². The summed E-state index contributed by atoms with van der Waals surface area (Å²) in [5.41, 5.74) is 3.08. The Morgan fingerprint density at radius 1 is 1.18 bits per heavy atom. The van der Waals surface area contributed by atoms with Crippen molar-refractivity contribution in [2.75, 3.05) is 7.05 Å². The van der Waals surface area contributed by atoms with Crippen LogP contribution in [0.4, 0.5) is 4.39 Å². The maximum Gasteiger partial charge on any atom is 0.253 e. The fourth-order valence-electron chi connectivity index (χ4n) is 4.23. The first-order valence-corrected chi connectivity index (χ1v) is 11.3. The molecule has 1 amide bonds. The van der Waals surface area contributed by atoms with Gasteiger partial charge in [0.2, 0.25) is 0 Å². The third-order valence-electron chi connectivity index (χ3n) is 5.96. The van der Waals surface area contributed by atoms with Crippen LogP contribution in [0.3, 0.4) is 0 Å². The average Bonchev–Trinajstić information content (AvgIpc) is 3.27. The Labute approximate surface area is 197 Å². The van der Waals surface area contributed by atoms with Crippen molar-refractivity contribution in [2.24, 2.45) is 0 Å². The van der Waals surface area contributed by atoms with Gasteiger partial charge < -0.3 is 15.3 Å². The quantitative estimate of drug-likeness (QED) is 0.513. The molecule has 8 heteroatoms. The van der Waals surface area contributed by atoms with Gasteiger partial charge in [0.1, 0.15) is 11.0 Å². The van der Waals surface area contributed by atoms with Gasteiger partial charge in [-0.1, -0.05) is 29.8 Å². The molecular formula is C25H26ClFN4O2. The molecular weight excluding hydrogens is 443 g/mol. The number of halogens is 2. The second-order valence-electron chi connectivity index (χ2n) is 8.48. The van der Waals surface area contributed by atoms with E-state index in [1.807, 2.05) is 24.3 Å². The molecule has 33 heavy (non-hydrogen) atoms. The molecule has 0 radical (unpaired) electrons. The number of benzene rings is 1. The largest absolute Gasteiger partial charge is 0.387 e. The predicted molar refractivity (Wildman–Crippen MR) is 124 cm³/mol. The predicted octanol–water partition coefficient (Wildman–Crippen LogP) is 3.94. The lowest BCUT2D eigenvalue weighted by atomic mass is 10.0. The molecule has 0 bridgehead atoms. The number of rotatable bonds is 7. The molecule has 1 fully saturated rings. The molecule has 0 saturated carbocycles. The number of pyridine rings is 2. The molecule has 0 aliphatic carbocycles. The first-order valence-electron chi connectivity index (χ1n) is 10.9. The highest BCUT2D eigenvalue weighted by Crippen LogP contribution is 2.27. The summed E-state index contributed by atoms with van der Waals surface area (Å²) in [6.07, 6.45) is 6.29. The molecule has 0 spiro atoms. The Morgan fingerprint density at radius 2 is 1.97 bits per heavy atom. The number of nitrogens with one attached hydrogen (secondary N) is 1. The van der Waals surface area contributed by atoms with Crippen LogP contribution < -0.4 is 5.32 Å². The van der Waals surface area contributed by atoms with Crippen molar-refractivity contribution < 1.29 is 14.3 Å². The zero-order valence-electron chi connectivity index (χ0n) is 18.3. The zero-order valence-corrected chi connectivity index (χ0v) is 19.0. The summed E-state index contributed by atoms with van der Waals surface area (Å²) in [5.74, 6) is -0.553. The van der Waals surface area contributed by atoms with Crippen molar-refractivity contribution in [3.8, 4) is 0 Å². The lowest BCUT2D eigenvalue weighted by molar-refractivity contribution is 0.0785. The topological polar surface area (TPSA) is 78.4 Å². The standard InChI is InChI=1S/C25H26ClFN4O2/c1-31(15-17-10-20(27)14-28-12-17)25(33)18-4-2-16(3-5-18)11-21-7-8-22(30-21)24(32)19-6-9-23(26)29-13-19/h2-6,9-10,12-14,21-22,24,30,32H,7-8,11,15H2,1H3. The minimum Gasteiger partial charge on any atom is -0.387 e. The number of aliphatic hydroxyl groups is 1. The van der Waals surface area contributed by atoms with E-state index in [1.165, 1.54) is 6.07 Å². The minimum absolute atomic E-state index is 0.0372. The third kappa shape index (κ3) is 5.93. The molecule has 1 aliphatic rings. The van der Waals surface area contributed by atoms with Crippen LogP contribution >= 0.6 is 11.6 Å². The van der Waals surface area contributed by atoms with Crippen LogP contribution in [0.25, 0.3) is 0 Å². The highest BCUT2D eigenvalue weighted by molar-refractivity contribution is 6.29. The first kappa shape index (κ1) is 23.3. The van der Waals surface area contributed by atoms with Crippen LogP contribution in [-0.2, 0) is 13.0 Å². The molecule has 172 valence electrons. The number of carbonyl (C=O) groups excluding carboxylic acids is 1. The van der Waals surface area contributed by atoms with E-state index in [0.717, 1.165) is 36.6 Å². The molecule has 2 N–H and O–H groups in total. The molecule has 1 aromatic carbocycles. The number of hydrogen-bond donors (Lipinski definition) is 2. The van der Waals surface area contributed by atoms with Gasteiger partial charge in [-0.3, -0.25) is 9.78 Å². The highest BCUT2D eigenvalue weighted by atomic mass is 35.5. The van der Waals surface area contributed by atoms with E-state index in [4.69, 9.17) is 11.6 Å². The summed E-state index contributed by atoms with van der Waals surface area (Å²) in [7, 11) is 1.69. The molecule has 3 aromatic rings. The summed E-state index contributed by atoms with van der Waals surface area (Å²) in [4.78, 5) is 22.1. The second-order valence-corrected chi connectivity index (χ2v) is 8.87. The molecule has 3 unspecified atom stereocenters. The maximum absolute atomic E-state index is 13.3. The second kappa shape index (κ2) is 10.4. The number of nitrogens with zero attached hydrogens (tertiary/aromatic N) is 3. The number of aliphatic hydroxyl groups excluding tert-OH is 1. The summed E-state index contributed by atoms with van der Waals surface area (Å²) >= 11 is 5.83. The van der Waals surface area contributed by atoms with Gasteiger partial charge in [-0.2, -0.15) is 0 Å². The highest BCUT2D eigenvalue weighted by Gasteiger charge is 2.30. The Balaban J connectivity index is 1.31. The van der Waals surface area contributed by atoms with Gasteiger partial charge in [0.15, 0.2) is 0 Å². The van der Waals surface area contributed by atoms with E-state index in [9.17, 15) is 14.3 Å². The molecule has 3 heterocycles. The van der Waals surface area contributed by atoms with Gasteiger partial charge in [-0.25, -0.2) is 9.37 Å². The fourth-order valence-corrected chi connectivity index (χ4v) is 4.34. The molecule has 1 aliphatic heterocycles. The summed E-state index contributed by atoms with van der Waals surface area (Å²) in [6.45, 7) is 0.282. The zero-order chi connectivity index (χ0) is 23.4. The van der Waals surface area contributed by atoms with Crippen molar-refractivity contribution in [1.29, 1.82) is 0 Å². The van der Waals surface area contributed by atoms with E-state index in [1.54, 1.807) is 36.5 Å². The Bertz CT molecular complexity index is 1090. The number of carbonyl (C=O) groups is 1. The Kier molecular flexibility index (Phi) is 7.33. The van der Waals surface area contributed by atoms with Crippen LogP contribution in [0.5, 0.6) is 0 Å². The van der Waals surface area contributed by atoms with Gasteiger partial charge in [-0.05, 0) is 54.7 Å². The molecule has 3 atom stereocenters. The van der Waals surface area contributed by atoms with Crippen molar-refractivity contribution in [3.63, 3.8) is 0 Å². The number of amides is 1. The fraction of sp³-hybridized carbons (Fsp3) is 0.320. The Hall–Kier alpha value is -2.87. The minimum atomic E-state index is -0.636. The van der Waals surface area contributed by atoms with Crippen molar-refractivity contribution in [2.45, 2.75) is 44.0 Å². The van der Waals surface area contributed by atoms with E-state index >= 15 is 0 Å². The van der Waals surface area contributed by atoms with Gasteiger partial charge in [-0.15, -0.1) is 0 Å². The molecule has 1 saturated heterocycles. The summed E-state index contributed by atoms with van der Waals surface area (Å²) in [6, 6.07) is 12.6. The van der Waals surface area contributed by atoms with Crippen molar-refractivity contribution in [3.05, 3.63) is 94.3 Å². The summed E-state index contributed by atoms with van der Waals surface area (Å²) in [5, 5.41) is 14.6. The van der Waals surface area contributed by atoms with Crippen LogP contribution in [0, 0.1) is 5.82 Å². The SMILES string of the molecule is CN(Cc1cncc(F)c1)C(=O)c1ccc(CC2CCC(C(O)c3ccc(Cl)nc3)N2)cc1. The van der Waals surface area contributed by atoms with Gasteiger partial charge in [0.05, 0.1) is 12.3 Å². The van der Waals surface area contributed by atoms with Crippen LogP contribution in [0.2, 0.25) is 5.15 Å². The average molecular weight is 469 g/mol. The maximum atomic E-state index is 13.3. The van der Waals surface area contributed by atoms with Crippen molar-refractivity contribution >= 4 is 17.5 Å². The van der Waals surface area contributed by atoms with Crippen LogP contribution in [0.1, 0.15) is 46.0 Å². The number of aromatic nitrogens is 2. The van der Waals surface area contributed by atoms with Crippen LogP contribution in [-0.4, -0.2) is 45.0 Å². The molecule has 4 rings (SSSR count). The lowest BCUT2D eigenvalue weighted by Crippen LogP contribution is -2.35. The first-order chi connectivity index (χ1) is 15.9. The van der Waals surface area contributed by atoms with E-state index in [0.29, 0.717) is 16.3 Å². The van der Waals surface area contributed by atoms with Gasteiger partial charge in [0.25, 0.3) is 5.91 Å². The third-order valence-corrected chi connectivity index (χ3v) is 6.18. The normalized spacial score (nSPS) is 18.8. The monoisotopic (exact) mass is 468 g/mol. The Morgan fingerprint density at radius 3 is 2.67 bits per heavy atom. The summed E-state index contributed by atoms with van der Waals surface area (Å²) < 4.78 is 13.3. The molecule has 2 aromatic heterocycles.